The molecule has 0 N–H and O–H groups in total. The second-order valence-corrected chi connectivity index (χ2v) is 4.27. The molecule has 0 aliphatic carbocycles. The maximum absolute atomic E-state index is 5.31. The van der Waals surface area contributed by atoms with E-state index in [1.165, 1.54) is 0 Å². The molecule has 14 heavy (non-hydrogen) atoms. The Morgan fingerprint density at radius 2 is 1.71 bits per heavy atom. The normalized spacial score (nSPS) is 11.6. The maximum atomic E-state index is 5.31. The molecular weight excluding hydrogens is 180 g/mol. The summed E-state index contributed by atoms with van der Waals surface area (Å²) in [7, 11) is 5.11. The number of aromatic nitrogens is 2. The van der Waals surface area contributed by atoms with E-state index in [1.807, 2.05) is 7.05 Å². The molecule has 0 bridgehead atoms. The molecule has 4 nitrogen and oxygen atoms in total. The molecule has 0 spiro atoms. The van der Waals surface area contributed by atoms with E-state index in [2.05, 4.69) is 25.9 Å². The van der Waals surface area contributed by atoms with E-state index in [9.17, 15) is 0 Å². The number of hydrogen-bond acceptors (Lipinski definition) is 3. The van der Waals surface area contributed by atoms with Crippen LogP contribution in [-0.2, 0) is 12.5 Å². The van der Waals surface area contributed by atoms with Gasteiger partial charge in [-0.05, 0) is 5.41 Å². The minimum Gasteiger partial charge on any atom is -0.481 e. The van der Waals surface area contributed by atoms with Gasteiger partial charge in [-0.2, -0.15) is 0 Å². The lowest BCUT2D eigenvalue weighted by atomic mass is 9.88. The molecular formula is C10H18N2O2. The average molecular weight is 198 g/mol. The van der Waals surface area contributed by atoms with E-state index in [-0.39, 0.29) is 5.41 Å². The SMILES string of the molecule is COc1nn(C)c(OC)c1C(C)(C)C. The third kappa shape index (κ3) is 1.69. The predicted molar refractivity (Wildman–Crippen MR) is 55.0 cm³/mol. The number of ether oxygens (including phenoxy) is 2. The van der Waals surface area contributed by atoms with Gasteiger partial charge in [0.2, 0.25) is 11.8 Å². The van der Waals surface area contributed by atoms with E-state index in [1.54, 1.807) is 18.9 Å². The van der Waals surface area contributed by atoms with Gasteiger partial charge in [0.1, 0.15) is 0 Å². The molecule has 0 aliphatic rings. The first-order chi connectivity index (χ1) is 6.41. The highest BCUT2D eigenvalue weighted by Crippen LogP contribution is 2.37. The van der Waals surface area contributed by atoms with E-state index < -0.39 is 0 Å². The Labute approximate surface area is 84.8 Å². The fourth-order valence-electron chi connectivity index (χ4n) is 1.50. The third-order valence-corrected chi connectivity index (χ3v) is 2.10. The molecule has 0 fully saturated rings. The van der Waals surface area contributed by atoms with Gasteiger partial charge in [-0.1, -0.05) is 20.8 Å². The molecule has 0 unspecified atom stereocenters. The van der Waals surface area contributed by atoms with Gasteiger partial charge in [0.05, 0.1) is 19.8 Å². The topological polar surface area (TPSA) is 36.3 Å². The van der Waals surface area contributed by atoms with Crippen LogP contribution in [0.3, 0.4) is 0 Å². The molecule has 1 aromatic heterocycles. The van der Waals surface area contributed by atoms with Gasteiger partial charge in [-0.3, -0.25) is 0 Å². The Kier molecular flexibility index (Phi) is 2.73. The van der Waals surface area contributed by atoms with Crippen LogP contribution in [0.15, 0.2) is 0 Å². The molecule has 0 aromatic carbocycles. The van der Waals surface area contributed by atoms with Crippen LogP contribution in [-0.4, -0.2) is 24.0 Å². The Bertz CT molecular complexity index is 324. The second kappa shape index (κ2) is 3.52. The number of nitrogens with zero attached hydrogens (tertiary/aromatic N) is 2. The average Bonchev–Trinajstić information content (AvgIpc) is 2.40. The Morgan fingerprint density at radius 1 is 1.14 bits per heavy atom. The summed E-state index contributed by atoms with van der Waals surface area (Å²) in [5, 5.41) is 4.24. The lowest BCUT2D eigenvalue weighted by Crippen LogP contribution is -2.13. The standard InChI is InChI=1S/C10H18N2O2/c1-10(2,3)7-8(13-5)11-12(4)9(7)14-6/h1-6H3. The van der Waals surface area contributed by atoms with Crippen LogP contribution in [0.1, 0.15) is 26.3 Å². The maximum Gasteiger partial charge on any atom is 0.240 e. The van der Waals surface area contributed by atoms with Crippen LogP contribution in [0.4, 0.5) is 0 Å². The lowest BCUT2D eigenvalue weighted by molar-refractivity contribution is 0.360. The van der Waals surface area contributed by atoms with E-state index >= 15 is 0 Å². The Morgan fingerprint density at radius 3 is 2.07 bits per heavy atom. The fraction of sp³-hybridized carbons (Fsp3) is 0.700. The van der Waals surface area contributed by atoms with Crippen molar-refractivity contribution in [1.29, 1.82) is 0 Å². The molecule has 1 heterocycles. The van der Waals surface area contributed by atoms with Crippen molar-refractivity contribution >= 4 is 0 Å². The Balaban J connectivity index is 3.36. The van der Waals surface area contributed by atoms with Gasteiger partial charge < -0.3 is 9.47 Å². The smallest absolute Gasteiger partial charge is 0.240 e. The van der Waals surface area contributed by atoms with Gasteiger partial charge >= 0.3 is 0 Å². The van der Waals surface area contributed by atoms with Crippen molar-refractivity contribution in [3.63, 3.8) is 0 Å². The number of rotatable bonds is 2. The van der Waals surface area contributed by atoms with Crippen molar-refractivity contribution < 1.29 is 9.47 Å². The highest BCUT2D eigenvalue weighted by molar-refractivity contribution is 5.41. The largest absolute Gasteiger partial charge is 0.481 e. The molecule has 1 aromatic rings. The monoisotopic (exact) mass is 198 g/mol. The lowest BCUT2D eigenvalue weighted by Gasteiger charge is -2.19. The molecule has 0 saturated carbocycles. The van der Waals surface area contributed by atoms with E-state index in [0.717, 1.165) is 11.4 Å². The molecule has 0 saturated heterocycles. The highest BCUT2D eigenvalue weighted by Gasteiger charge is 2.28. The molecule has 0 radical (unpaired) electrons. The van der Waals surface area contributed by atoms with Crippen molar-refractivity contribution in [1.82, 2.24) is 9.78 Å². The van der Waals surface area contributed by atoms with Crippen molar-refractivity contribution in [3.05, 3.63) is 5.56 Å². The summed E-state index contributed by atoms with van der Waals surface area (Å²) in [6.45, 7) is 6.32. The molecule has 0 aliphatic heterocycles. The van der Waals surface area contributed by atoms with Crippen LogP contribution in [0.2, 0.25) is 0 Å². The van der Waals surface area contributed by atoms with Crippen LogP contribution >= 0.6 is 0 Å². The van der Waals surface area contributed by atoms with E-state index in [0.29, 0.717) is 5.88 Å². The van der Waals surface area contributed by atoms with Gasteiger partial charge in [-0.15, -0.1) is 5.10 Å². The summed E-state index contributed by atoms with van der Waals surface area (Å²) in [6.07, 6.45) is 0. The van der Waals surface area contributed by atoms with Crippen molar-refractivity contribution in [2.75, 3.05) is 14.2 Å². The number of methoxy groups -OCH3 is 2. The van der Waals surface area contributed by atoms with E-state index in [4.69, 9.17) is 9.47 Å². The summed E-state index contributed by atoms with van der Waals surface area (Å²) in [5.41, 5.74) is 0.968. The third-order valence-electron chi connectivity index (χ3n) is 2.10. The van der Waals surface area contributed by atoms with Crippen molar-refractivity contribution in [3.8, 4) is 11.8 Å². The molecule has 80 valence electrons. The van der Waals surface area contributed by atoms with Crippen molar-refractivity contribution in [2.45, 2.75) is 26.2 Å². The second-order valence-electron chi connectivity index (χ2n) is 4.27. The predicted octanol–water partition coefficient (Wildman–Crippen LogP) is 1.73. The fourth-order valence-corrected chi connectivity index (χ4v) is 1.50. The van der Waals surface area contributed by atoms with Crippen molar-refractivity contribution in [2.24, 2.45) is 7.05 Å². The van der Waals surface area contributed by atoms with Gasteiger partial charge in [0.25, 0.3) is 0 Å². The van der Waals surface area contributed by atoms with Crippen LogP contribution < -0.4 is 9.47 Å². The first kappa shape index (κ1) is 10.9. The minimum atomic E-state index is -0.0368. The summed E-state index contributed by atoms with van der Waals surface area (Å²) >= 11 is 0. The zero-order valence-corrected chi connectivity index (χ0v) is 9.71. The first-order valence-electron chi connectivity index (χ1n) is 4.57. The van der Waals surface area contributed by atoms with Crippen LogP contribution in [0.25, 0.3) is 0 Å². The highest BCUT2D eigenvalue weighted by atomic mass is 16.5. The number of aryl methyl sites for hydroxylation is 1. The first-order valence-corrected chi connectivity index (χ1v) is 4.57. The quantitative estimate of drug-likeness (QED) is 0.726. The van der Waals surface area contributed by atoms with Gasteiger partial charge in [0.15, 0.2) is 0 Å². The molecule has 0 amide bonds. The number of hydrogen-bond donors (Lipinski definition) is 0. The summed E-state index contributed by atoms with van der Waals surface area (Å²) in [5.74, 6) is 1.39. The summed E-state index contributed by atoms with van der Waals surface area (Å²) < 4.78 is 12.2. The van der Waals surface area contributed by atoms with Gasteiger partial charge in [0, 0.05) is 7.05 Å². The molecule has 4 heteroatoms. The zero-order valence-electron chi connectivity index (χ0n) is 9.71. The minimum absolute atomic E-state index is 0.0368. The summed E-state index contributed by atoms with van der Waals surface area (Å²) in [6, 6.07) is 0. The van der Waals surface area contributed by atoms with Crippen LogP contribution in [0.5, 0.6) is 11.8 Å². The molecule has 1 rings (SSSR count). The Hall–Kier alpha value is -1.19. The summed E-state index contributed by atoms with van der Waals surface area (Å²) in [4.78, 5) is 0. The van der Waals surface area contributed by atoms with Crippen LogP contribution in [0, 0.1) is 0 Å². The zero-order chi connectivity index (χ0) is 10.9. The molecule has 0 atom stereocenters. The van der Waals surface area contributed by atoms with Gasteiger partial charge in [-0.25, -0.2) is 4.68 Å².